The molecule has 1 unspecified atom stereocenters. The molecule has 0 saturated carbocycles. The summed E-state index contributed by atoms with van der Waals surface area (Å²) in [4.78, 5) is 19.8. The first-order valence-corrected chi connectivity index (χ1v) is 7.89. The summed E-state index contributed by atoms with van der Waals surface area (Å²) in [6.07, 6.45) is 2.78. The van der Waals surface area contributed by atoms with Gasteiger partial charge in [-0.1, -0.05) is 0 Å². The Morgan fingerprint density at radius 2 is 2.40 bits per heavy atom. The number of hydrogen-bond acceptors (Lipinski definition) is 6. The van der Waals surface area contributed by atoms with E-state index >= 15 is 0 Å². The topological polar surface area (TPSA) is 66.5 Å². The lowest BCUT2D eigenvalue weighted by atomic mass is 10.1. The van der Waals surface area contributed by atoms with Gasteiger partial charge in [0.2, 0.25) is 5.91 Å². The van der Waals surface area contributed by atoms with E-state index in [4.69, 9.17) is 4.74 Å². The highest BCUT2D eigenvalue weighted by Crippen LogP contribution is 2.21. The number of carbonyl (C=O) groups excluding carboxylic acids is 1. The molecule has 7 heteroatoms. The average Bonchev–Trinajstić information content (AvgIpc) is 3.11. The highest BCUT2D eigenvalue weighted by Gasteiger charge is 2.23. The van der Waals surface area contributed by atoms with Crippen LogP contribution in [-0.2, 0) is 16.1 Å². The first kappa shape index (κ1) is 13.9. The first-order chi connectivity index (χ1) is 9.81. The van der Waals surface area contributed by atoms with E-state index in [1.807, 2.05) is 6.20 Å². The maximum atomic E-state index is 12.0. The molecule has 6 nitrogen and oxygen atoms in total. The molecule has 1 amide bonds. The quantitative estimate of drug-likeness (QED) is 0.848. The zero-order valence-corrected chi connectivity index (χ0v) is 12.2. The molecule has 0 bridgehead atoms. The summed E-state index contributed by atoms with van der Waals surface area (Å²) in [5, 5.41) is 6.84. The fraction of sp³-hybridized carbons (Fsp3) is 0.692. The van der Waals surface area contributed by atoms with Gasteiger partial charge in [0.15, 0.2) is 5.13 Å². The molecule has 2 N–H and O–H groups in total. The van der Waals surface area contributed by atoms with E-state index in [1.54, 1.807) is 11.3 Å². The number of nitrogens with one attached hydrogen (secondary N) is 2. The molecule has 2 aliphatic heterocycles. The molecular weight excluding hydrogens is 276 g/mol. The second kappa shape index (κ2) is 6.62. The Morgan fingerprint density at radius 1 is 1.55 bits per heavy atom. The molecule has 0 spiro atoms. The minimum atomic E-state index is 0.0848. The summed E-state index contributed by atoms with van der Waals surface area (Å²) in [7, 11) is 0. The van der Waals surface area contributed by atoms with Gasteiger partial charge in [0.1, 0.15) is 0 Å². The number of nitrogens with zero attached hydrogens (tertiary/aromatic N) is 2. The molecule has 0 radical (unpaired) electrons. The van der Waals surface area contributed by atoms with Crippen molar-refractivity contribution >= 4 is 22.4 Å². The number of carbonyl (C=O) groups is 1. The SMILES string of the molecule is O=C(Nc1ncc(CN2CCOCC2)s1)C1CCNC1. The van der Waals surface area contributed by atoms with Crippen molar-refractivity contribution in [2.24, 2.45) is 5.92 Å². The number of morpholine rings is 1. The normalized spacial score (nSPS) is 23.9. The van der Waals surface area contributed by atoms with Crippen LogP contribution in [0.1, 0.15) is 11.3 Å². The van der Waals surface area contributed by atoms with Crippen molar-refractivity contribution < 1.29 is 9.53 Å². The highest BCUT2D eigenvalue weighted by molar-refractivity contribution is 7.15. The van der Waals surface area contributed by atoms with Gasteiger partial charge < -0.3 is 15.4 Å². The molecular formula is C13H20N4O2S. The molecule has 0 aliphatic carbocycles. The zero-order valence-electron chi connectivity index (χ0n) is 11.4. The van der Waals surface area contributed by atoms with Gasteiger partial charge in [0.25, 0.3) is 0 Å². The number of thiazole rings is 1. The third-order valence-electron chi connectivity index (χ3n) is 3.70. The van der Waals surface area contributed by atoms with Crippen molar-refractivity contribution in [3.63, 3.8) is 0 Å². The Morgan fingerprint density at radius 3 is 3.15 bits per heavy atom. The van der Waals surface area contributed by atoms with E-state index in [0.29, 0.717) is 5.13 Å². The van der Waals surface area contributed by atoms with Crippen LogP contribution in [0.5, 0.6) is 0 Å². The lowest BCUT2D eigenvalue weighted by Crippen LogP contribution is -2.35. The zero-order chi connectivity index (χ0) is 13.8. The van der Waals surface area contributed by atoms with Crippen LogP contribution >= 0.6 is 11.3 Å². The Bertz CT molecular complexity index is 453. The van der Waals surface area contributed by atoms with Crippen LogP contribution in [0.2, 0.25) is 0 Å². The van der Waals surface area contributed by atoms with Gasteiger partial charge >= 0.3 is 0 Å². The predicted octanol–water partition coefficient (Wildman–Crippen LogP) is 0.523. The summed E-state index contributed by atoms with van der Waals surface area (Å²) >= 11 is 1.57. The van der Waals surface area contributed by atoms with Gasteiger partial charge in [-0.15, -0.1) is 11.3 Å². The average molecular weight is 296 g/mol. The number of anilines is 1. The maximum Gasteiger partial charge on any atom is 0.230 e. The van der Waals surface area contributed by atoms with Gasteiger partial charge in [-0.2, -0.15) is 0 Å². The van der Waals surface area contributed by atoms with Crippen LogP contribution in [0.4, 0.5) is 5.13 Å². The lowest BCUT2D eigenvalue weighted by molar-refractivity contribution is -0.119. The fourth-order valence-corrected chi connectivity index (χ4v) is 3.36. The highest BCUT2D eigenvalue weighted by atomic mass is 32.1. The van der Waals surface area contributed by atoms with Crippen LogP contribution in [0, 0.1) is 5.92 Å². The maximum absolute atomic E-state index is 12.0. The van der Waals surface area contributed by atoms with E-state index in [1.165, 1.54) is 4.88 Å². The molecule has 3 heterocycles. The molecule has 3 rings (SSSR count). The van der Waals surface area contributed by atoms with Crippen molar-refractivity contribution in [3.8, 4) is 0 Å². The van der Waals surface area contributed by atoms with Gasteiger partial charge in [0, 0.05) is 37.3 Å². The number of rotatable bonds is 4. The van der Waals surface area contributed by atoms with Crippen molar-refractivity contribution in [3.05, 3.63) is 11.1 Å². The van der Waals surface area contributed by atoms with Crippen molar-refractivity contribution in [1.29, 1.82) is 0 Å². The van der Waals surface area contributed by atoms with Crippen molar-refractivity contribution in [2.45, 2.75) is 13.0 Å². The summed E-state index contributed by atoms with van der Waals surface area (Å²) in [5.41, 5.74) is 0. The molecule has 20 heavy (non-hydrogen) atoms. The van der Waals surface area contributed by atoms with E-state index < -0.39 is 0 Å². The van der Waals surface area contributed by atoms with Crippen LogP contribution in [0.15, 0.2) is 6.20 Å². The summed E-state index contributed by atoms with van der Waals surface area (Å²) < 4.78 is 5.34. The molecule has 1 aromatic heterocycles. The molecule has 2 aliphatic rings. The van der Waals surface area contributed by atoms with Gasteiger partial charge in [-0.05, 0) is 13.0 Å². The third-order valence-corrected chi connectivity index (χ3v) is 4.60. The number of ether oxygens (including phenoxy) is 1. The first-order valence-electron chi connectivity index (χ1n) is 7.07. The summed E-state index contributed by atoms with van der Waals surface area (Å²) in [6.45, 7) is 6.13. The Kier molecular flexibility index (Phi) is 4.62. The number of amides is 1. The minimum absolute atomic E-state index is 0.0848. The smallest absolute Gasteiger partial charge is 0.230 e. The van der Waals surface area contributed by atoms with Crippen LogP contribution in [-0.4, -0.2) is 55.2 Å². The third kappa shape index (κ3) is 3.54. The predicted molar refractivity (Wildman–Crippen MR) is 77.8 cm³/mol. The molecule has 1 aromatic rings. The standard InChI is InChI=1S/C13H20N4O2S/c18-12(10-1-2-14-7-10)16-13-15-8-11(20-13)9-17-3-5-19-6-4-17/h8,10,14H,1-7,9H2,(H,15,16,18). The van der Waals surface area contributed by atoms with Crippen LogP contribution in [0.3, 0.4) is 0 Å². The molecule has 110 valence electrons. The number of aromatic nitrogens is 1. The molecule has 0 aromatic carbocycles. The largest absolute Gasteiger partial charge is 0.379 e. The van der Waals surface area contributed by atoms with Crippen molar-refractivity contribution in [2.75, 3.05) is 44.7 Å². The van der Waals surface area contributed by atoms with Gasteiger partial charge in [-0.25, -0.2) is 4.98 Å². The van der Waals surface area contributed by atoms with Gasteiger partial charge in [-0.3, -0.25) is 9.69 Å². The van der Waals surface area contributed by atoms with E-state index in [-0.39, 0.29) is 11.8 Å². The van der Waals surface area contributed by atoms with E-state index in [9.17, 15) is 4.79 Å². The Labute approximate surface area is 122 Å². The lowest BCUT2D eigenvalue weighted by Gasteiger charge is -2.25. The second-order valence-electron chi connectivity index (χ2n) is 5.20. The second-order valence-corrected chi connectivity index (χ2v) is 6.31. The Hall–Kier alpha value is -1.02. The number of hydrogen-bond donors (Lipinski definition) is 2. The van der Waals surface area contributed by atoms with Crippen LogP contribution in [0.25, 0.3) is 0 Å². The minimum Gasteiger partial charge on any atom is -0.379 e. The molecule has 2 fully saturated rings. The molecule has 2 saturated heterocycles. The fourth-order valence-electron chi connectivity index (χ4n) is 2.50. The van der Waals surface area contributed by atoms with Crippen LogP contribution < -0.4 is 10.6 Å². The molecule has 1 atom stereocenters. The van der Waals surface area contributed by atoms with E-state index in [2.05, 4.69) is 20.5 Å². The summed E-state index contributed by atoms with van der Waals surface area (Å²) in [5.74, 6) is 0.170. The van der Waals surface area contributed by atoms with E-state index in [0.717, 1.165) is 52.4 Å². The van der Waals surface area contributed by atoms with Gasteiger partial charge in [0.05, 0.1) is 19.1 Å². The monoisotopic (exact) mass is 296 g/mol. The van der Waals surface area contributed by atoms with Crippen molar-refractivity contribution in [1.82, 2.24) is 15.2 Å². The Balaban J connectivity index is 1.52. The summed E-state index contributed by atoms with van der Waals surface area (Å²) in [6, 6.07) is 0.